The van der Waals surface area contributed by atoms with Gasteiger partial charge in [-0.2, -0.15) is 0 Å². The average Bonchev–Trinajstić information content (AvgIpc) is 3.60. The van der Waals surface area contributed by atoms with E-state index < -0.39 is 0 Å². The monoisotopic (exact) mass is 511 g/mol. The molecule has 5 aliphatic rings. The van der Waals surface area contributed by atoms with Gasteiger partial charge in [0.2, 0.25) is 5.91 Å². The summed E-state index contributed by atoms with van der Waals surface area (Å²) in [5.41, 5.74) is 7.86. The van der Waals surface area contributed by atoms with Crippen LogP contribution in [0.5, 0.6) is 0 Å². The second-order valence-electron chi connectivity index (χ2n) is 11.1. The van der Waals surface area contributed by atoms with Gasteiger partial charge in [-0.3, -0.25) is 19.7 Å². The molecule has 0 radical (unpaired) electrons. The van der Waals surface area contributed by atoms with Crippen molar-refractivity contribution in [2.24, 2.45) is 5.92 Å². The number of fused-ring (bicyclic) bond motifs is 2. The minimum absolute atomic E-state index is 0.0269. The number of hydrogen-bond acceptors (Lipinski definition) is 7. The molecule has 6 rings (SSSR count). The smallest absolute Gasteiger partial charge is 0.236 e. The van der Waals surface area contributed by atoms with Crippen molar-refractivity contribution in [3.8, 4) is 0 Å². The summed E-state index contributed by atoms with van der Waals surface area (Å²) in [6, 6.07) is 6.05. The highest BCUT2D eigenvalue weighted by Crippen LogP contribution is 2.45. The molecule has 1 aromatic carbocycles. The summed E-state index contributed by atoms with van der Waals surface area (Å²) < 4.78 is 0. The first-order valence-electron chi connectivity index (χ1n) is 13.4. The predicted octanol–water partition coefficient (Wildman–Crippen LogP) is 2.89. The number of nitrogens with zero attached hydrogens (tertiary/aromatic N) is 5. The average molecular weight is 512 g/mol. The van der Waals surface area contributed by atoms with Crippen LogP contribution in [-0.4, -0.2) is 96.8 Å². The third kappa shape index (κ3) is 4.65. The number of hydrogen-bond donors (Lipinski definition) is 2. The number of benzene rings is 1. The molecule has 0 bridgehead atoms. The number of nitrogens with one attached hydrogen (secondary N) is 2. The third-order valence-electron chi connectivity index (χ3n) is 8.44. The van der Waals surface area contributed by atoms with Crippen molar-refractivity contribution in [2.45, 2.75) is 37.6 Å². The van der Waals surface area contributed by atoms with E-state index in [1.165, 1.54) is 25.7 Å². The summed E-state index contributed by atoms with van der Waals surface area (Å²) in [5.74, 6) is 0.331. The topological polar surface area (TPSA) is 57.3 Å². The fourth-order valence-electron chi connectivity index (χ4n) is 6.38. The molecule has 2 atom stereocenters. The Hall–Kier alpha value is -2.10. The first-order valence-corrected chi connectivity index (χ1v) is 13.8. The number of allylic oxidation sites excluding steroid dienone is 1. The molecular weight excluding hydrogens is 474 g/mol. The highest BCUT2D eigenvalue weighted by Gasteiger charge is 2.43. The zero-order chi connectivity index (χ0) is 24.8. The van der Waals surface area contributed by atoms with Crippen molar-refractivity contribution in [2.75, 3.05) is 65.3 Å². The van der Waals surface area contributed by atoms with Gasteiger partial charge >= 0.3 is 0 Å². The maximum Gasteiger partial charge on any atom is 0.236 e. The maximum absolute atomic E-state index is 13.3. The highest BCUT2D eigenvalue weighted by molar-refractivity contribution is 6.31. The summed E-state index contributed by atoms with van der Waals surface area (Å²) >= 11 is 6.38. The second kappa shape index (κ2) is 9.99. The number of likely N-dealkylation sites (N-methyl/N-ethyl adjacent to an activating group) is 1. The Bertz CT molecular complexity index is 1060. The Morgan fingerprint density at radius 1 is 1.11 bits per heavy atom. The minimum atomic E-state index is -0.360. The summed E-state index contributed by atoms with van der Waals surface area (Å²) in [4.78, 5) is 18.1. The summed E-state index contributed by atoms with van der Waals surface area (Å²) in [5, 5.41) is 10.8. The number of amides is 1. The van der Waals surface area contributed by atoms with Crippen LogP contribution in [-0.2, 0) is 4.79 Å². The van der Waals surface area contributed by atoms with E-state index in [4.69, 9.17) is 11.6 Å². The largest absolute Gasteiger partial charge is 0.325 e. The van der Waals surface area contributed by atoms with Gasteiger partial charge in [-0.15, -0.1) is 0 Å². The molecular formula is C27H38ClN7O. The molecule has 1 aliphatic carbocycles. The lowest BCUT2D eigenvalue weighted by Crippen LogP contribution is -2.57. The molecule has 1 saturated heterocycles. The summed E-state index contributed by atoms with van der Waals surface area (Å²) in [7, 11) is 4.27. The molecule has 4 heterocycles. The highest BCUT2D eigenvalue weighted by atomic mass is 35.5. The van der Waals surface area contributed by atoms with E-state index in [9.17, 15) is 4.79 Å². The van der Waals surface area contributed by atoms with E-state index in [-0.39, 0.29) is 11.8 Å². The SMILES string of the molecule is CN(C)CCN1CCN(N2C=C(C3C(=O)Nc4ccc(Cl)cc43)C3=CC(C4CCCC4)NN3C2)CC1. The normalized spacial score (nSPS) is 27.4. The van der Waals surface area contributed by atoms with Crippen LogP contribution in [0, 0.1) is 5.92 Å². The number of carbonyl (C=O) groups is 1. The standard InChI is InChI=1S/C27H38ClN7O/c1-31(2)9-10-32-11-13-33(14-12-32)34-17-22(26-21-15-20(28)7-8-23(21)29-27(26)36)25-16-24(30-35(25)18-34)19-5-3-4-6-19/h7-8,15-17,19,24,26,30H,3-6,9-14,18H2,1-2H3,(H,29,36). The van der Waals surface area contributed by atoms with Crippen molar-refractivity contribution in [1.29, 1.82) is 0 Å². The number of hydrazine groups is 2. The van der Waals surface area contributed by atoms with E-state index in [0.29, 0.717) is 17.0 Å². The molecule has 2 fully saturated rings. The van der Waals surface area contributed by atoms with Gasteiger partial charge in [0.05, 0.1) is 11.6 Å². The number of anilines is 1. The third-order valence-corrected chi connectivity index (χ3v) is 8.68. The second-order valence-corrected chi connectivity index (χ2v) is 11.5. The van der Waals surface area contributed by atoms with Gasteiger partial charge in [0.15, 0.2) is 0 Å². The van der Waals surface area contributed by atoms with Crippen LogP contribution in [0.3, 0.4) is 0 Å². The number of piperazine rings is 1. The van der Waals surface area contributed by atoms with Crippen LogP contribution in [0.1, 0.15) is 37.2 Å². The van der Waals surface area contributed by atoms with Gasteiger partial charge in [0.1, 0.15) is 6.67 Å². The summed E-state index contributed by atoms with van der Waals surface area (Å²) in [6.07, 6.45) is 9.79. The molecule has 9 heteroatoms. The number of halogens is 1. The molecule has 36 heavy (non-hydrogen) atoms. The molecule has 1 saturated carbocycles. The van der Waals surface area contributed by atoms with Crippen molar-refractivity contribution >= 4 is 23.2 Å². The Morgan fingerprint density at radius 2 is 1.89 bits per heavy atom. The van der Waals surface area contributed by atoms with Gasteiger partial charge in [-0.1, -0.05) is 24.4 Å². The van der Waals surface area contributed by atoms with Gasteiger partial charge in [-0.25, -0.2) is 10.4 Å². The van der Waals surface area contributed by atoms with Crippen LogP contribution in [0.15, 0.2) is 41.7 Å². The van der Waals surface area contributed by atoms with Crippen LogP contribution in [0.25, 0.3) is 0 Å². The van der Waals surface area contributed by atoms with Crippen molar-refractivity contribution in [3.05, 3.63) is 52.3 Å². The van der Waals surface area contributed by atoms with Gasteiger partial charge in [0, 0.05) is 67.8 Å². The lowest BCUT2D eigenvalue weighted by atomic mass is 9.89. The Kier molecular flexibility index (Phi) is 6.73. The van der Waals surface area contributed by atoms with Gasteiger partial charge in [0.25, 0.3) is 0 Å². The molecule has 8 nitrogen and oxygen atoms in total. The van der Waals surface area contributed by atoms with Crippen LogP contribution >= 0.6 is 11.6 Å². The van der Waals surface area contributed by atoms with E-state index in [2.05, 4.69) is 61.9 Å². The van der Waals surface area contributed by atoms with Crippen molar-refractivity contribution in [1.82, 2.24) is 30.3 Å². The fourth-order valence-corrected chi connectivity index (χ4v) is 6.56. The molecule has 1 amide bonds. The molecule has 0 spiro atoms. The van der Waals surface area contributed by atoms with E-state index >= 15 is 0 Å². The first kappa shape index (κ1) is 24.2. The quantitative estimate of drug-likeness (QED) is 0.609. The lowest BCUT2D eigenvalue weighted by Gasteiger charge is -2.46. The van der Waals surface area contributed by atoms with E-state index in [0.717, 1.165) is 68.5 Å². The molecule has 4 aliphatic heterocycles. The molecule has 0 aromatic heterocycles. The maximum atomic E-state index is 13.3. The molecule has 2 unspecified atom stereocenters. The van der Waals surface area contributed by atoms with Gasteiger partial charge in [-0.05, 0) is 62.7 Å². The van der Waals surface area contributed by atoms with Crippen LogP contribution in [0.2, 0.25) is 5.02 Å². The first-order chi connectivity index (χ1) is 17.5. The predicted molar refractivity (Wildman–Crippen MR) is 143 cm³/mol. The Morgan fingerprint density at radius 3 is 2.64 bits per heavy atom. The minimum Gasteiger partial charge on any atom is -0.325 e. The van der Waals surface area contributed by atoms with Gasteiger partial charge < -0.3 is 10.2 Å². The molecule has 1 aromatic rings. The Labute approximate surface area is 219 Å². The van der Waals surface area contributed by atoms with Crippen LogP contribution < -0.4 is 10.7 Å². The number of carbonyl (C=O) groups excluding carboxylic acids is 1. The summed E-state index contributed by atoms with van der Waals surface area (Å²) in [6.45, 7) is 7.01. The van der Waals surface area contributed by atoms with Crippen molar-refractivity contribution < 1.29 is 4.79 Å². The molecule has 2 N–H and O–H groups in total. The fraction of sp³-hybridized carbons (Fsp3) is 0.593. The Balaban J connectivity index is 1.28. The zero-order valence-corrected chi connectivity index (χ0v) is 22.2. The van der Waals surface area contributed by atoms with E-state index in [1.54, 1.807) is 0 Å². The van der Waals surface area contributed by atoms with E-state index in [1.807, 2.05) is 18.2 Å². The lowest BCUT2D eigenvalue weighted by molar-refractivity contribution is -0.116. The molecule has 194 valence electrons. The van der Waals surface area contributed by atoms with Crippen molar-refractivity contribution in [3.63, 3.8) is 0 Å². The number of rotatable bonds is 6. The van der Waals surface area contributed by atoms with Crippen LogP contribution in [0.4, 0.5) is 5.69 Å². The zero-order valence-electron chi connectivity index (χ0n) is 21.4.